The largest absolute Gasteiger partial charge is 0.507 e. The van der Waals surface area contributed by atoms with Crippen molar-refractivity contribution in [1.82, 2.24) is 0 Å². The monoisotopic (exact) mass is 450 g/mol. The van der Waals surface area contributed by atoms with E-state index in [1.165, 1.54) is 19.2 Å². The number of phenols is 1. The van der Waals surface area contributed by atoms with Gasteiger partial charge < -0.3 is 44.5 Å². The Hall–Kier alpha value is -2.89. The molecule has 1 fully saturated rings. The van der Waals surface area contributed by atoms with E-state index in [4.69, 9.17) is 14.2 Å². The number of aromatic hydroxyl groups is 1. The first-order valence-electron chi connectivity index (χ1n) is 9.83. The van der Waals surface area contributed by atoms with Crippen LogP contribution in [0.1, 0.15) is 21.5 Å². The van der Waals surface area contributed by atoms with Crippen molar-refractivity contribution in [1.29, 1.82) is 0 Å². The topological polar surface area (TPSA) is 155 Å². The van der Waals surface area contributed by atoms with Gasteiger partial charge in [-0.1, -0.05) is 0 Å². The normalized spacial score (nSPS) is 25.3. The van der Waals surface area contributed by atoms with Crippen LogP contribution in [-0.2, 0) is 9.47 Å². The van der Waals surface area contributed by atoms with Crippen LogP contribution in [0.3, 0.4) is 0 Å². The number of esters is 1. The van der Waals surface area contributed by atoms with Crippen LogP contribution in [0.15, 0.2) is 30.3 Å². The van der Waals surface area contributed by atoms with Crippen molar-refractivity contribution in [2.75, 3.05) is 13.7 Å². The molecule has 174 valence electrons. The number of phenolic OH excluding ortho intramolecular Hbond substituents is 1. The quantitative estimate of drug-likeness (QED) is 0.399. The van der Waals surface area contributed by atoms with Gasteiger partial charge in [-0.3, -0.25) is 0 Å². The summed E-state index contributed by atoms with van der Waals surface area (Å²) in [5, 5.41) is 49.5. The summed E-state index contributed by atoms with van der Waals surface area (Å²) in [5.41, 5.74) is 1.22. The van der Waals surface area contributed by atoms with Gasteiger partial charge in [0.1, 0.15) is 53.0 Å². The first-order chi connectivity index (χ1) is 15.1. The third kappa shape index (κ3) is 4.95. The lowest BCUT2D eigenvalue weighted by Gasteiger charge is -2.39. The number of rotatable bonds is 6. The van der Waals surface area contributed by atoms with E-state index in [0.29, 0.717) is 11.3 Å². The number of aliphatic hydroxyl groups is 4. The molecule has 1 aliphatic heterocycles. The molecule has 0 spiro atoms. The number of carbonyl (C=O) groups excluding carboxylic acids is 1. The number of ether oxygens (including phenoxy) is 4. The molecule has 0 bridgehead atoms. The summed E-state index contributed by atoms with van der Waals surface area (Å²) in [6, 6.07) is 7.67. The van der Waals surface area contributed by atoms with E-state index in [0.717, 1.165) is 5.56 Å². The molecule has 10 heteroatoms. The van der Waals surface area contributed by atoms with Crippen molar-refractivity contribution in [2.45, 2.75) is 44.6 Å². The Kier molecular flexibility index (Phi) is 7.22. The van der Waals surface area contributed by atoms with Crippen LogP contribution in [0.5, 0.6) is 23.0 Å². The van der Waals surface area contributed by atoms with E-state index in [2.05, 4.69) is 4.74 Å². The molecular weight excluding hydrogens is 424 g/mol. The number of hydrogen-bond donors (Lipinski definition) is 5. The van der Waals surface area contributed by atoms with E-state index in [9.17, 15) is 30.3 Å². The first kappa shape index (κ1) is 23.8. The second kappa shape index (κ2) is 9.72. The average molecular weight is 450 g/mol. The highest BCUT2D eigenvalue weighted by Crippen LogP contribution is 2.34. The number of benzene rings is 2. The summed E-state index contributed by atoms with van der Waals surface area (Å²) in [6.07, 6.45) is -7.05. The molecule has 0 amide bonds. The second-order valence-electron chi connectivity index (χ2n) is 7.52. The van der Waals surface area contributed by atoms with E-state index in [1.54, 1.807) is 32.0 Å². The number of hydrogen-bond acceptors (Lipinski definition) is 10. The van der Waals surface area contributed by atoms with E-state index >= 15 is 0 Å². The summed E-state index contributed by atoms with van der Waals surface area (Å²) in [4.78, 5) is 11.8. The molecular formula is C22H26O10. The lowest BCUT2D eigenvalue weighted by Crippen LogP contribution is -2.60. The molecule has 1 saturated heterocycles. The van der Waals surface area contributed by atoms with Crippen LogP contribution < -0.4 is 9.47 Å². The molecule has 5 unspecified atom stereocenters. The van der Waals surface area contributed by atoms with Gasteiger partial charge in [0.25, 0.3) is 0 Å². The fraction of sp³-hybridized carbons (Fsp3) is 0.409. The average Bonchev–Trinajstić information content (AvgIpc) is 2.73. The number of aliphatic hydroxyl groups excluding tert-OH is 4. The van der Waals surface area contributed by atoms with Gasteiger partial charge in [-0.05, 0) is 43.2 Å². The van der Waals surface area contributed by atoms with Crippen LogP contribution in [0.4, 0.5) is 0 Å². The van der Waals surface area contributed by atoms with Gasteiger partial charge in [0.2, 0.25) is 6.29 Å². The Morgan fingerprint density at radius 3 is 2.25 bits per heavy atom. The predicted octanol–water partition coefficient (Wildman–Crippen LogP) is 0.767. The highest BCUT2D eigenvalue weighted by atomic mass is 16.7. The summed E-state index contributed by atoms with van der Waals surface area (Å²) in [6.45, 7) is 2.83. The van der Waals surface area contributed by atoms with Gasteiger partial charge in [0.15, 0.2) is 0 Å². The van der Waals surface area contributed by atoms with E-state index < -0.39 is 43.3 Å². The van der Waals surface area contributed by atoms with Crippen LogP contribution >= 0.6 is 0 Å². The van der Waals surface area contributed by atoms with Crippen molar-refractivity contribution in [3.05, 3.63) is 47.0 Å². The van der Waals surface area contributed by atoms with Crippen molar-refractivity contribution in [3.8, 4) is 23.0 Å². The highest BCUT2D eigenvalue weighted by molar-refractivity contribution is 5.94. The molecule has 0 radical (unpaired) electrons. The molecule has 10 nitrogen and oxygen atoms in total. The molecule has 32 heavy (non-hydrogen) atoms. The SMILES string of the molecule is COC(=O)c1c(C)cc(Oc2cc(C)cc(OC3OC(CO)C(O)C(O)C3O)c2)cc1O. The van der Waals surface area contributed by atoms with Crippen LogP contribution in [0, 0.1) is 13.8 Å². The molecule has 5 atom stereocenters. The van der Waals surface area contributed by atoms with Crippen molar-refractivity contribution in [2.24, 2.45) is 0 Å². The van der Waals surface area contributed by atoms with Gasteiger partial charge in [-0.2, -0.15) is 0 Å². The third-order valence-corrected chi connectivity index (χ3v) is 5.04. The zero-order valence-electron chi connectivity index (χ0n) is 17.8. The lowest BCUT2D eigenvalue weighted by atomic mass is 9.99. The van der Waals surface area contributed by atoms with Gasteiger partial charge in [0, 0.05) is 12.1 Å². The van der Waals surface area contributed by atoms with Crippen LogP contribution in [0.2, 0.25) is 0 Å². The molecule has 5 N–H and O–H groups in total. The molecule has 2 aromatic carbocycles. The smallest absolute Gasteiger partial charge is 0.341 e. The van der Waals surface area contributed by atoms with Gasteiger partial charge in [-0.15, -0.1) is 0 Å². The molecule has 0 aliphatic carbocycles. The minimum atomic E-state index is -1.56. The minimum Gasteiger partial charge on any atom is -0.507 e. The lowest BCUT2D eigenvalue weighted by molar-refractivity contribution is -0.277. The van der Waals surface area contributed by atoms with E-state index in [1.807, 2.05) is 0 Å². The van der Waals surface area contributed by atoms with Gasteiger partial charge in [-0.25, -0.2) is 4.79 Å². The molecule has 1 heterocycles. The Morgan fingerprint density at radius 2 is 1.62 bits per heavy atom. The molecule has 2 aromatic rings. The van der Waals surface area contributed by atoms with Crippen molar-refractivity contribution < 1.29 is 49.3 Å². The summed E-state index contributed by atoms with van der Waals surface area (Å²) in [7, 11) is 1.22. The fourth-order valence-electron chi connectivity index (χ4n) is 3.44. The number of carbonyl (C=O) groups is 1. The zero-order valence-corrected chi connectivity index (χ0v) is 17.8. The zero-order chi connectivity index (χ0) is 23.6. The molecule has 0 saturated carbocycles. The maximum atomic E-state index is 11.8. The minimum absolute atomic E-state index is 0.0377. The standard InChI is InChI=1S/C22H26O10/c1-10-4-12(30-14-6-11(2)17(15(24)8-14)21(28)29-3)7-13(5-10)31-22-20(27)19(26)18(25)16(9-23)32-22/h4-8,16,18-20,22-27H,9H2,1-3H3. The van der Waals surface area contributed by atoms with Gasteiger partial charge in [0.05, 0.1) is 13.7 Å². The summed E-state index contributed by atoms with van der Waals surface area (Å²) in [5.74, 6) is -0.141. The van der Waals surface area contributed by atoms with E-state index in [-0.39, 0.29) is 22.8 Å². The Bertz CT molecular complexity index is 950. The first-order valence-corrected chi connectivity index (χ1v) is 9.83. The third-order valence-electron chi connectivity index (χ3n) is 5.04. The summed E-state index contributed by atoms with van der Waals surface area (Å²) >= 11 is 0. The van der Waals surface area contributed by atoms with Crippen molar-refractivity contribution in [3.63, 3.8) is 0 Å². The highest BCUT2D eigenvalue weighted by Gasteiger charge is 2.44. The number of aryl methyl sites for hydroxylation is 2. The van der Waals surface area contributed by atoms with Crippen LogP contribution in [0.25, 0.3) is 0 Å². The Morgan fingerprint density at radius 1 is 0.969 bits per heavy atom. The Labute approximate surface area is 184 Å². The second-order valence-corrected chi connectivity index (χ2v) is 7.52. The Balaban J connectivity index is 1.81. The maximum absolute atomic E-state index is 11.8. The maximum Gasteiger partial charge on any atom is 0.341 e. The molecule has 3 rings (SSSR count). The number of methoxy groups -OCH3 is 1. The predicted molar refractivity (Wildman–Crippen MR) is 110 cm³/mol. The fourth-order valence-corrected chi connectivity index (χ4v) is 3.44. The van der Waals surface area contributed by atoms with Crippen molar-refractivity contribution >= 4 is 5.97 Å². The summed E-state index contributed by atoms with van der Waals surface area (Å²) < 4.78 is 21.5. The molecule has 0 aromatic heterocycles. The molecule has 1 aliphatic rings. The van der Waals surface area contributed by atoms with Crippen LogP contribution in [-0.4, -0.2) is 75.9 Å². The van der Waals surface area contributed by atoms with Gasteiger partial charge >= 0.3 is 5.97 Å².